The minimum absolute atomic E-state index is 0.130. The summed E-state index contributed by atoms with van der Waals surface area (Å²) in [5.74, 6) is 0.0228. The predicted octanol–water partition coefficient (Wildman–Crippen LogP) is 0.120. The number of rotatable bonds is 9. The highest BCUT2D eigenvalue weighted by atomic mass is 16.2. The highest BCUT2D eigenvalue weighted by Crippen LogP contribution is 2.24. The van der Waals surface area contributed by atoms with Crippen molar-refractivity contribution in [3.63, 3.8) is 0 Å². The maximum atomic E-state index is 12.8. The van der Waals surface area contributed by atoms with Gasteiger partial charge < -0.3 is 21.3 Å². The molecule has 3 atom stereocenters. The van der Waals surface area contributed by atoms with Crippen LogP contribution >= 0.6 is 0 Å². The van der Waals surface area contributed by atoms with Crippen molar-refractivity contribution in [1.29, 1.82) is 0 Å². The third kappa shape index (κ3) is 6.71. The number of carbonyl (C=O) groups is 4. The first kappa shape index (κ1) is 24.4. The van der Waals surface area contributed by atoms with Crippen LogP contribution in [0.2, 0.25) is 0 Å². The summed E-state index contributed by atoms with van der Waals surface area (Å²) >= 11 is 0. The Kier molecular flexibility index (Phi) is 9.05. The first-order chi connectivity index (χ1) is 13.5. The molecule has 3 unspecified atom stereocenters. The Morgan fingerprint density at radius 2 is 2.00 bits per heavy atom. The zero-order valence-electron chi connectivity index (χ0n) is 17.5. The average molecular weight is 405 g/mol. The van der Waals surface area contributed by atoms with Crippen molar-refractivity contribution in [2.45, 2.75) is 64.6 Å². The summed E-state index contributed by atoms with van der Waals surface area (Å²) in [6.07, 6.45) is 8.18. The molecule has 0 radical (unpaired) electrons. The Balaban J connectivity index is 2.90. The van der Waals surface area contributed by atoms with E-state index in [1.165, 1.54) is 11.0 Å². The van der Waals surface area contributed by atoms with E-state index in [-0.39, 0.29) is 25.3 Å². The van der Waals surface area contributed by atoms with Crippen LogP contribution in [0.1, 0.15) is 46.5 Å². The highest BCUT2D eigenvalue weighted by molar-refractivity contribution is 6.38. The van der Waals surface area contributed by atoms with Crippen LogP contribution in [-0.4, -0.2) is 59.6 Å². The Labute approximate surface area is 172 Å². The van der Waals surface area contributed by atoms with Crippen molar-refractivity contribution in [3.8, 4) is 12.3 Å². The lowest BCUT2D eigenvalue weighted by molar-refractivity contribution is -0.143. The SMILES string of the molecule is C#CCCC(NC(=O)C1CCCN1C(=O)C(N)C(C)(C)C)C(=O)C(=O)NCC=C. The molecule has 0 bridgehead atoms. The summed E-state index contributed by atoms with van der Waals surface area (Å²) in [5.41, 5.74) is 5.63. The first-order valence-electron chi connectivity index (χ1n) is 9.77. The Morgan fingerprint density at radius 3 is 2.55 bits per heavy atom. The maximum Gasteiger partial charge on any atom is 0.289 e. The van der Waals surface area contributed by atoms with E-state index in [4.69, 9.17) is 12.2 Å². The topological polar surface area (TPSA) is 122 Å². The monoisotopic (exact) mass is 404 g/mol. The molecule has 1 aliphatic rings. The van der Waals surface area contributed by atoms with Crippen LogP contribution in [0.5, 0.6) is 0 Å². The summed E-state index contributed by atoms with van der Waals surface area (Å²) < 4.78 is 0. The normalized spacial score (nSPS) is 18.3. The van der Waals surface area contributed by atoms with E-state index < -0.39 is 41.1 Å². The molecule has 0 aromatic heterocycles. The van der Waals surface area contributed by atoms with E-state index >= 15 is 0 Å². The van der Waals surface area contributed by atoms with E-state index in [0.717, 1.165) is 0 Å². The van der Waals surface area contributed by atoms with Crippen molar-refractivity contribution < 1.29 is 19.2 Å². The molecule has 160 valence electrons. The number of nitrogens with two attached hydrogens (primary N) is 1. The molecule has 0 aliphatic carbocycles. The number of likely N-dealkylation sites (tertiary alicyclic amines) is 1. The molecule has 0 saturated carbocycles. The second-order valence-electron chi connectivity index (χ2n) is 8.20. The first-order valence-corrected chi connectivity index (χ1v) is 9.77. The summed E-state index contributed by atoms with van der Waals surface area (Å²) in [5, 5.41) is 5.01. The summed E-state index contributed by atoms with van der Waals surface area (Å²) in [6.45, 7) is 9.60. The molecule has 8 nitrogen and oxygen atoms in total. The number of hydrogen-bond donors (Lipinski definition) is 3. The van der Waals surface area contributed by atoms with Gasteiger partial charge in [0.1, 0.15) is 6.04 Å². The Hall–Kier alpha value is -2.66. The number of nitrogens with zero attached hydrogens (tertiary/aromatic N) is 1. The molecule has 1 saturated heterocycles. The molecular formula is C21H32N4O4. The zero-order chi connectivity index (χ0) is 22.2. The standard InChI is InChI=1S/C21H32N4O4/c1-6-8-10-14(16(26)19(28)23-12-7-2)24-18(27)15-11-9-13-25(15)20(29)17(22)21(3,4)5/h1,7,14-15,17H,2,8-13,22H2,3-5H3,(H,23,28)(H,24,27). The molecule has 0 aromatic rings. The summed E-state index contributed by atoms with van der Waals surface area (Å²) in [4.78, 5) is 51.5. The average Bonchev–Trinajstić information content (AvgIpc) is 3.16. The quantitative estimate of drug-likeness (QED) is 0.286. The van der Waals surface area contributed by atoms with Gasteiger partial charge in [-0.1, -0.05) is 26.8 Å². The van der Waals surface area contributed by atoms with E-state index in [9.17, 15) is 19.2 Å². The molecule has 1 heterocycles. The fraction of sp³-hybridized carbons (Fsp3) is 0.619. The molecule has 3 amide bonds. The van der Waals surface area contributed by atoms with Crippen LogP contribution in [0, 0.1) is 17.8 Å². The van der Waals surface area contributed by atoms with Crippen LogP contribution in [0.4, 0.5) is 0 Å². The summed E-state index contributed by atoms with van der Waals surface area (Å²) in [7, 11) is 0. The van der Waals surface area contributed by atoms with Gasteiger partial charge in [0.05, 0.1) is 12.1 Å². The van der Waals surface area contributed by atoms with Crippen LogP contribution in [0.3, 0.4) is 0 Å². The van der Waals surface area contributed by atoms with Crippen molar-refractivity contribution in [3.05, 3.63) is 12.7 Å². The molecule has 1 fully saturated rings. The second kappa shape index (κ2) is 10.8. The number of ketones is 1. The van der Waals surface area contributed by atoms with Gasteiger partial charge in [-0.15, -0.1) is 18.9 Å². The minimum atomic E-state index is -1.06. The van der Waals surface area contributed by atoms with E-state index in [1.54, 1.807) is 0 Å². The Morgan fingerprint density at radius 1 is 1.34 bits per heavy atom. The number of amides is 3. The van der Waals surface area contributed by atoms with Gasteiger partial charge in [-0.2, -0.15) is 0 Å². The fourth-order valence-electron chi connectivity index (χ4n) is 3.03. The molecule has 1 aliphatic heterocycles. The lowest BCUT2D eigenvalue weighted by atomic mass is 9.86. The van der Waals surface area contributed by atoms with Crippen LogP contribution in [0.25, 0.3) is 0 Å². The zero-order valence-corrected chi connectivity index (χ0v) is 17.5. The Bertz CT molecular complexity index is 690. The van der Waals surface area contributed by atoms with E-state index in [0.29, 0.717) is 19.4 Å². The highest BCUT2D eigenvalue weighted by Gasteiger charge is 2.40. The van der Waals surface area contributed by atoms with Gasteiger partial charge in [-0.25, -0.2) is 0 Å². The van der Waals surface area contributed by atoms with Crippen molar-refractivity contribution >= 4 is 23.5 Å². The number of terminal acetylenes is 1. The van der Waals surface area contributed by atoms with Crippen molar-refractivity contribution in [2.24, 2.45) is 11.1 Å². The fourth-order valence-corrected chi connectivity index (χ4v) is 3.03. The van der Waals surface area contributed by atoms with E-state index in [1.807, 2.05) is 20.8 Å². The van der Waals surface area contributed by atoms with Gasteiger partial charge in [-0.3, -0.25) is 19.2 Å². The van der Waals surface area contributed by atoms with Gasteiger partial charge >= 0.3 is 0 Å². The predicted molar refractivity (Wildman–Crippen MR) is 110 cm³/mol. The van der Waals surface area contributed by atoms with Crippen molar-refractivity contribution in [2.75, 3.05) is 13.1 Å². The van der Waals surface area contributed by atoms with Crippen LogP contribution < -0.4 is 16.4 Å². The second-order valence-corrected chi connectivity index (χ2v) is 8.20. The molecular weight excluding hydrogens is 372 g/mol. The van der Waals surface area contributed by atoms with Gasteiger partial charge in [0.15, 0.2) is 0 Å². The maximum absolute atomic E-state index is 12.8. The molecule has 0 spiro atoms. The van der Waals surface area contributed by atoms with Gasteiger partial charge in [0.25, 0.3) is 5.91 Å². The van der Waals surface area contributed by atoms with Gasteiger partial charge in [0.2, 0.25) is 17.6 Å². The van der Waals surface area contributed by atoms with Crippen LogP contribution in [0.15, 0.2) is 12.7 Å². The number of Topliss-reactive ketones (excluding diaryl/α,β-unsaturated/α-hetero) is 1. The molecule has 4 N–H and O–H groups in total. The van der Waals surface area contributed by atoms with E-state index in [2.05, 4.69) is 23.1 Å². The van der Waals surface area contributed by atoms with Gasteiger partial charge in [-0.05, 0) is 24.7 Å². The minimum Gasteiger partial charge on any atom is -0.346 e. The molecule has 0 aromatic carbocycles. The largest absolute Gasteiger partial charge is 0.346 e. The van der Waals surface area contributed by atoms with Crippen molar-refractivity contribution in [1.82, 2.24) is 15.5 Å². The lowest BCUT2D eigenvalue weighted by Crippen LogP contribution is -2.57. The third-order valence-corrected chi connectivity index (χ3v) is 4.88. The number of nitrogens with one attached hydrogen (secondary N) is 2. The smallest absolute Gasteiger partial charge is 0.289 e. The molecule has 1 rings (SSSR count). The lowest BCUT2D eigenvalue weighted by Gasteiger charge is -2.33. The molecule has 8 heteroatoms. The van der Waals surface area contributed by atoms with Crippen LogP contribution in [-0.2, 0) is 19.2 Å². The summed E-state index contributed by atoms with van der Waals surface area (Å²) in [6, 6.07) is -2.54. The third-order valence-electron chi connectivity index (χ3n) is 4.88. The molecule has 29 heavy (non-hydrogen) atoms. The van der Waals surface area contributed by atoms with Gasteiger partial charge in [0, 0.05) is 19.5 Å². The number of carbonyl (C=O) groups excluding carboxylic acids is 4. The number of hydrogen-bond acceptors (Lipinski definition) is 5.